The zero-order valence-corrected chi connectivity index (χ0v) is 18.3. The van der Waals surface area contributed by atoms with Crippen molar-refractivity contribution < 1.29 is 13.5 Å². The van der Waals surface area contributed by atoms with Crippen LogP contribution in [0.25, 0.3) is 22.3 Å². The van der Waals surface area contributed by atoms with Gasteiger partial charge in [-0.15, -0.1) is 0 Å². The third-order valence-corrected chi connectivity index (χ3v) is 5.42. The number of halogens is 2. The molecular formula is C25H25F2N3O. The predicted molar refractivity (Wildman–Crippen MR) is 119 cm³/mol. The molecule has 0 atom stereocenters. The Labute approximate surface area is 180 Å². The van der Waals surface area contributed by atoms with Crippen LogP contribution in [-0.4, -0.2) is 21.6 Å². The summed E-state index contributed by atoms with van der Waals surface area (Å²) in [5, 5.41) is 0. The molecule has 6 heteroatoms. The number of pyridine rings is 2. The van der Waals surface area contributed by atoms with Crippen LogP contribution >= 0.6 is 0 Å². The summed E-state index contributed by atoms with van der Waals surface area (Å²) in [6, 6.07) is 9.65. The molecule has 0 N–H and O–H groups in total. The van der Waals surface area contributed by atoms with Gasteiger partial charge < -0.3 is 9.30 Å². The lowest BCUT2D eigenvalue weighted by molar-refractivity contribution is 0.397. The monoisotopic (exact) mass is 421 g/mol. The van der Waals surface area contributed by atoms with Crippen molar-refractivity contribution in [3.05, 3.63) is 76.6 Å². The summed E-state index contributed by atoms with van der Waals surface area (Å²) in [6.07, 6.45) is 1.96. The molecule has 0 bridgehead atoms. The Balaban J connectivity index is 1.81. The van der Waals surface area contributed by atoms with Crippen LogP contribution in [0.5, 0.6) is 5.88 Å². The minimum Gasteiger partial charge on any atom is -0.480 e. The smallest absolute Gasteiger partial charge is 0.222 e. The number of aryl methyl sites for hydroxylation is 2. The Morgan fingerprint density at radius 3 is 2.32 bits per heavy atom. The van der Waals surface area contributed by atoms with E-state index < -0.39 is 11.6 Å². The third kappa shape index (κ3) is 4.02. The first kappa shape index (κ1) is 21.0. The summed E-state index contributed by atoms with van der Waals surface area (Å²) < 4.78 is 34.8. The van der Waals surface area contributed by atoms with Crippen molar-refractivity contribution in [2.45, 2.75) is 40.2 Å². The van der Waals surface area contributed by atoms with Gasteiger partial charge in [0.2, 0.25) is 5.88 Å². The number of rotatable bonds is 5. The van der Waals surface area contributed by atoms with E-state index in [4.69, 9.17) is 9.72 Å². The van der Waals surface area contributed by atoms with E-state index in [9.17, 15) is 8.78 Å². The molecule has 4 rings (SSSR count). The predicted octanol–water partition coefficient (Wildman–Crippen LogP) is 6.17. The van der Waals surface area contributed by atoms with Crippen LogP contribution in [0.2, 0.25) is 0 Å². The van der Waals surface area contributed by atoms with E-state index in [1.54, 1.807) is 7.11 Å². The van der Waals surface area contributed by atoms with E-state index in [0.717, 1.165) is 45.2 Å². The number of benzene rings is 1. The number of fused-ring (bicyclic) bond motifs is 1. The zero-order chi connectivity index (χ0) is 22.3. The van der Waals surface area contributed by atoms with Gasteiger partial charge in [-0.05, 0) is 66.8 Å². The summed E-state index contributed by atoms with van der Waals surface area (Å²) >= 11 is 0. The van der Waals surface area contributed by atoms with Crippen molar-refractivity contribution in [2.75, 3.05) is 7.11 Å². The molecule has 0 aliphatic rings. The number of aromatic nitrogens is 3. The fourth-order valence-electron chi connectivity index (χ4n) is 3.89. The quantitative estimate of drug-likeness (QED) is 0.387. The molecule has 160 valence electrons. The van der Waals surface area contributed by atoms with Gasteiger partial charge in [-0.25, -0.2) is 18.7 Å². The molecule has 0 spiro atoms. The minimum atomic E-state index is -0.579. The second kappa shape index (κ2) is 8.10. The highest BCUT2D eigenvalue weighted by atomic mass is 19.1. The SMILES string of the molecule is COc1nc(C(C)C)ccc1-c1nc2c(C)cn(Cc3cc(F)cc(F)c3)c2cc1C. The fourth-order valence-corrected chi connectivity index (χ4v) is 3.89. The van der Waals surface area contributed by atoms with E-state index in [1.165, 1.54) is 12.1 Å². The summed E-state index contributed by atoms with van der Waals surface area (Å²) in [7, 11) is 1.61. The molecule has 1 aromatic carbocycles. The Morgan fingerprint density at radius 2 is 1.68 bits per heavy atom. The van der Waals surface area contributed by atoms with Gasteiger partial charge in [-0.1, -0.05) is 13.8 Å². The number of nitrogens with zero attached hydrogens (tertiary/aromatic N) is 3. The van der Waals surface area contributed by atoms with Crippen molar-refractivity contribution in [1.29, 1.82) is 0 Å². The number of hydrogen-bond acceptors (Lipinski definition) is 3. The average molecular weight is 421 g/mol. The highest BCUT2D eigenvalue weighted by molar-refractivity contribution is 5.85. The molecule has 0 radical (unpaired) electrons. The van der Waals surface area contributed by atoms with Gasteiger partial charge >= 0.3 is 0 Å². The maximum absolute atomic E-state index is 13.6. The second-order valence-electron chi connectivity index (χ2n) is 8.19. The van der Waals surface area contributed by atoms with Crippen LogP contribution < -0.4 is 4.74 Å². The molecule has 0 saturated carbocycles. The second-order valence-corrected chi connectivity index (χ2v) is 8.19. The number of methoxy groups -OCH3 is 1. The molecular weight excluding hydrogens is 396 g/mol. The zero-order valence-electron chi connectivity index (χ0n) is 18.3. The minimum absolute atomic E-state index is 0.295. The molecule has 31 heavy (non-hydrogen) atoms. The molecule has 0 aliphatic carbocycles. The van der Waals surface area contributed by atoms with Crippen molar-refractivity contribution in [3.8, 4) is 17.1 Å². The van der Waals surface area contributed by atoms with E-state index in [0.29, 0.717) is 23.9 Å². The molecule has 3 aromatic heterocycles. The van der Waals surface area contributed by atoms with Crippen molar-refractivity contribution >= 4 is 11.0 Å². The largest absolute Gasteiger partial charge is 0.480 e. The van der Waals surface area contributed by atoms with Gasteiger partial charge in [0.1, 0.15) is 11.6 Å². The van der Waals surface area contributed by atoms with Gasteiger partial charge in [-0.3, -0.25) is 0 Å². The normalized spacial score (nSPS) is 11.5. The van der Waals surface area contributed by atoms with Crippen molar-refractivity contribution in [3.63, 3.8) is 0 Å². The molecule has 0 saturated heterocycles. The molecule has 0 unspecified atom stereocenters. The summed E-state index contributed by atoms with van der Waals surface area (Å²) in [5.41, 5.74) is 6.88. The maximum atomic E-state index is 13.6. The van der Waals surface area contributed by atoms with Crippen LogP contribution in [0, 0.1) is 25.5 Å². The maximum Gasteiger partial charge on any atom is 0.222 e. The Bertz CT molecular complexity index is 1260. The lowest BCUT2D eigenvalue weighted by atomic mass is 10.0. The Hall–Kier alpha value is -3.28. The van der Waals surface area contributed by atoms with Crippen molar-refractivity contribution in [1.82, 2.24) is 14.5 Å². The van der Waals surface area contributed by atoms with Crippen LogP contribution in [0.15, 0.2) is 42.6 Å². The van der Waals surface area contributed by atoms with Gasteiger partial charge in [0.05, 0.1) is 29.4 Å². The van der Waals surface area contributed by atoms with Crippen molar-refractivity contribution in [2.24, 2.45) is 0 Å². The van der Waals surface area contributed by atoms with Gasteiger partial charge in [0.15, 0.2) is 0 Å². The first-order valence-electron chi connectivity index (χ1n) is 10.2. The van der Waals surface area contributed by atoms with Crippen LogP contribution in [0.4, 0.5) is 8.78 Å². The fraction of sp³-hybridized carbons (Fsp3) is 0.280. The molecule has 3 heterocycles. The highest BCUT2D eigenvalue weighted by Crippen LogP contribution is 2.34. The Morgan fingerprint density at radius 1 is 0.968 bits per heavy atom. The third-order valence-electron chi connectivity index (χ3n) is 5.42. The molecule has 0 fully saturated rings. The number of hydrogen-bond donors (Lipinski definition) is 0. The lowest BCUT2D eigenvalue weighted by Crippen LogP contribution is -2.02. The summed E-state index contributed by atoms with van der Waals surface area (Å²) in [4.78, 5) is 9.59. The molecule has 0 amide bonds. The van der Waals surface area contributed by atoms with E-state index in [1.807, 2.05) is 36.7 Å². The van der Waals surface area contributed by atoms with Crippen LogP contribution in [0.3, 0.4) is 0 Å². The first-order valence-corrected chi connectivity index (χ1v) is 10.2. The lowest BCUT2D eigenvalue weighted by Gasteiger charge is -2.13. The topological polar surface area (TPSA) is 39.9 Å². The standard InChI is InChI=1S/C25H25F2N3O/c1-14(2)21-7-6-20(25(28-21)31-5)23-15(3)8-22-24(29-23)16(4)12-30(22)13-17-9-18(26)11-19(27)10-17/h6-12,14H,13H2,1-5H3. The first-order chi connectivity index (χ1) is 14.8. The number of ether oxygens (including phenoxy) is 1. The molecule has 4 aromatic rings. The Kier molecular flexibility index (Phi) is 5.48. The van der Waals surface area contributed by atoms with Crippen LogP contribution in [-0.2, 0) is 6.54 Å². The van der Waals surface area contributed by atoms with E-state index in [-0.39, 0.29) is 0 Å². The van der Waals surface area contributed by atoms with E-state index >= 15 is 0 Å². The van der Waals surface area contributed by atoms with E-state index in [2.05, 4.69) is 24.9 Å². The average Bonchev–Trinajstić information content (AvgIpc) is 3.00. The van der Waals surface area contributed by atoms with Gasteiger partial charge in [0.25, 0.3) is 0 Å². The summed E-state index contributed by atoms with van der Waals surface area (Å²) in [6.45, 7) is 8.51. The van der Waals surface area contributed by atoms with Crippen LogP contribution in [0.1, 0.15) is 42.1 Å². The summed E-state index contributed by atoms with van der Waals surface area (Å²) in [5.74, 6) is -0.315. The molecule has 0 aliphatic heterocycles. The van der Waals surface area contributed by atoms with Gasteiger partial charge in [0, 0.05) is 24.5 Å². The molecule has 4 nitrogen and oxygen atoms in total. The highest BCUT2D eigenvalue weighted by Gasteiger charge is 2.17. The van der Waals surface area contributed by atoms with Gasteiger partial charge in [-0.2, -0.15) is 0 Å².